The van der Waals surface area contributed by atoms with Crippen molar-refractivity contribution >= 4 is 35.8 Å². The van der Waals surface area contributed by atoms with Gasteiger partial charge < -0.3 is 20.7 Å². The predicted molar refractivity (Wildman–Crippen MR) is 126 cm³/mol. The van der Waals surface area contributed by atoms with Crippen molar-refractivity contribution in [3.63, 3.8) is 0 Å². The van der Waals surface area contributed by atoms with Gasteiger partial charge in [0.05, 0.1) is 7.11 Å². The molecule has 6 nitrogen and oxygen atoms in total. The molecule has 0 radical (unpaired) electrons. The summed E-state index contributed by atoms with van der Waals surface area (Å²) >= 11 is 0. The molecule has 0 unspecified atom stereocenters. The molecule has 1 aromatic carbocycles. The van der Waals surface area contributed by atoms with Gasteiger partial charge in [0.25, 0.3) is 0 Å². The van der Waals surface area contributed by atoms with Gasteiger partial charge in [0, 0.05) is 33.1 Å². The molecule has 0 aliphatic heterocycles. The average Bonchev–Trinajstić information content (AvgIpc) is 3.16. The minimum atomic E-state index is 0. The Morgan fingerprint density at radius 3 is 2.50 bits per heavy atom. The number of nitrogens with zero attached hydrogens (tertiary/aromatic N) is 1. The standard InChI is InChI=1S/C21H34N4O2.HI/c1-16-8-9-19(27-3)18(14-16)10-11-24-21(22-2)25-13-12-23-20(26)15-17-6-4-5-7-17;/h8-9,14,17H,4-7,10-13,15H2,1-3H3,(H,23,26)(H2,22,24,25);1H. The Balaban J connectivity index is 0.00000392. The highest BCUT2D eigenvalue weighted by atomic mass is 127. The minimum absolute atomic E-state index is 0. The van der Waals surface area contributed by atoms with Crippen LogP contribution < -0.4 is 20.7 Å². The van der Waals surface area contributed by atoms with Crippen molar-refractivity contribution < 1.29 is 9.53 Å². The highest BCUT2D eigenvalue weighted by Gasteiger charge is 2.17. The van der Waals surface area contributed by atoms with Crippen LogP contribution in [-0.2, 0) is 11.2 Å². The van der Waals surface area contributed by atoms with Crippen LogP contribution in [0.3, 0.4) is 0 Å². The van der Waals surface area contributed by atoms with Crippen LogP contribution in [-0.4, -0.2) is 45.7 Å². The molecule has 0 heterocycles. The quantitative estimate of drug-likeness (QED) is 0.210. The molecule has 1 aliphatic carbocycles. The summed E-state index contributed by atoms with van der Waals surface area (Å²) in [6.45, 7) is 4.10. The molecule has 3 N–H and O–H groups in total. The molecule has 0 bridgehead atoms. The molecule has 1 aromatic rings. The highest BCUT2D eigenvalue weighted by molar-refractivity contribution is 14.0. The Hall–Kier alpha value is -1.51. The van der Waals surface area contributed by atoms with Crippen LogP contribution in [0, 0.1) is 12.8 Å². The molecule has 1 saturated carbocycles. The number of benzene rings is 1. The van der Waals surface area contributed by atoms with Crippen molar-refractivity contribution in [1.82, 2.24) is 16.0 Å². The Kier molecular flexibility index (Phi) is 11.9. The molecule has 7 heteroatoms. The first kappa shape index (κ1) is 24.5. The number of aliphatic imine (C=N–C) groups is 1. The number of hydrogen-bond donors (Lipinski definition) is 3. The van der Waals surface area contributed by atoms with Crippen LogP contribution in [0.15, 0.2) is 23.2 Å². The molecule has 0 aromatic heterocycles. The summed E-state index contributed by atoms with van der Waals surface area (Å²) in [5.41, 5.74) is 2.40. The number of carbonyl (C=O) groups is 1. The van der Waals surface area contributed by atoms with E-state index in [2.05, 4.69) is 40.0 Å². The summed E-state index contributed by atoms with van der Waals surface area (Å²) in [4.78, 5) is 16.2. The molecule has 158 valence electrons. The smallest absolute Gasteiger partial charge is 0.220 e. The third-order valence-corrected chi connectivity index (χ3v) is 5.03. The van der Waals surface area contributed by atoms with E-state index < -0.39 is 0 Å². The summed E-state index contributed by atoms with van der Waals surface area (Å²) in [5, 5.41) is 9.54. The number of aryl methyl sites for hydroxylation is 1. The van der Waals surface area contributed by atoms with Gasteiger partial charge in [-0.1, -0.05) is 30.5 Å². The summed E-state index contributed by atoms with van der Waals surface area (Å²) in [7, 11) is 3.45. The average molecular weight is 502 g/mol. The normalized spacial score (nSPS) is 14.3. The summed E-state index contributed by atoms with van der Waals surface area (Å²) < 4.78 is 5.42. The van der Waals surface area contributed by atoms with Gasteiger partial charge in [-0.15, -0.1) is 24.0 Å². The summed E-state index contributed by atoms with van der Waals surface area (Å²) in [5.74, 6) is 2.41. The van der Waals surface area contributed by atoms with E-state index in [1.807, 2.05) is 6.07 Å². The lowest BCUT2D eigenvalue weighted by Gasteiger charge is -2.14. The van der Waals surface area contributed by atoms with E-state index >= 15 is 0 Å². The first-order valence-corrected chi connectivity index (χ1v) is 9.97. The van der Waals surface area contributed by atoms with Crippen LogP contribution >= 0.6 is 24.0 Å². The van der Waals surface area contributed by atoms with Gasteiger partial charge in [-0.25, -0.2) is 0 Å². The lowest BCUT2D eigenvalue weighted by Crippen LogP contribution is -2.42. The Labute approximate surface area is 186 Å². The van der Waals surface area contributed by atoms with Crippen LogP contribution in [0.5, 0.6) is 5.75 Å². The Morgan fingerprint density at radius 1 is 1.14 bits per heavy atom. The van der Waals surface area contributed by atoms with Crippen LogP contribution in [0.25, 0.3) is 0 Å². The first-order valence-electron chi connectivity index (χ1n) is 9.97. The maximum atomic E-state index is 11.9. The fourth-order valence-electron chi connectivity index (χ4n) is 3.57. The third kappa shape index (κ3) is 8.67. The molecule has 1 aliphatic rings. The van der Waals surface area contributed by atoms with Gasteiger partial charge in [-0.05, 0) is 43.7 Å². The predicted octanol–water partition coefficient (Wildman–Crippen LogP) is 3.03. The van der Waals surface area contributed by atoms with E-state index in [1.165, 1.54) is 36.8 Å². The van der Waals surface area contributed by atoms with E-state index in [4.69, 9.17) is 4.74 Å². The Morgan fingerprint density at radius 2 is 1.82 bits per heavy atom. The van der Waals surface area contributed by atoms with Gasteiger partial charge in [0.2, 0.25) is 5.91 Å². The van der Waals surface area contributed by atoms with Crippen molar-refractivity contribution in [2.24, 2.45) is 10.9 Å². The van der Waals surface area contributed by atoms with E-state index in [0.717, 1.165) is 24.7 Å². The van der Waals surface area contributed by atoms with E-state index in [0.29, 0.717) is 25.4 Å². The number of halogens is 1. The zero-order valence-electron chi connectivity index (χ0n) is 17.3. The number of ether oxygens (including phenoxy) is 1. The topological polar surface area (TPSA) is 74.8 Å². The molecule has 2 rings (SSSR count). The molecular formula is C21H35IN4O2. The van der Waals surface area contributed by atoms with E-state index in [9.17, 15) is 4.79 Å². The number of rotatable bonds is 9. The summed E-state index contributed by atoms with van der Waals surface area (Å²) in [6.07, 6.45) is 6.47. The SMILES string of the molecule is CN=C(NCCNC(=O)CC1CCCC1)NCCc1cc(C)ccc1OC.I. The second-order valence-corrected chi connectivity index (χ2v) is 7.20. The van der Waals surface area contributed by atoms with Gasteiger partial charge in [-0.3, -0.25) is 9.79 Å². The molecule has 1 fully saturated rings. The second kappa shape index (κ2) is 13.6. The number of hydrogen-bond acceptors (Lipinski definition) is 3. The molecule has 0 spiro atoms. The van der Waals surface area contributed by atoms with Crippen LogP contribution in [0.4, 0.5) is 0 Å². The van der Waals surface area contributed by atoms with Crippen molar-refractivity contribution in [2.75, 3.05) is 33.8 Å². The van der Waals surface area contributed by atoms with Gasteiger partial charge in [0.1, 0.15) is 5.75 Å². The number of methoxy groups -OCH3 is 1. The lowest BCUT2D eigenvalue weighted by atomic mass is 10.0. The van der Waals surface area contributed by atoms with Gasteiger partial charge in [0.15, 0.2) is 5.96 Å². The van der Waals surface area contributed by atoms with Crippen LogP contribution in [0.1, 0.15) is 43.2 Å². The molecule has 0 saturated heterocycles. The second-order valence-electron chi connectivity index (χ2n) is 7.20. The Bertz CT molecular complexity index is 631. The number of nitrogens with one attached hydrogen (secondary N) is 3. The number of amides is 1. The largest absolute Gasteiger partial charge is 0.496 e. The van der Waals surface area contributed by atoms with Crippen molar-refractivity contribution in [3.05, 3.63) is 29.3 Å². The summed E-state index contributed by atoms with van der Waals surface area (Å²) in [6, 6.07) is 6.21. The zero-order valence-corrected chi connectivity index (χ0v) is 19.7. The van der Waals surface area contributed by atoms with Crippen molar-refractivity contribution in [3.8, 4) is 5.75 Å². The number of guanidine groups is 1. The lowest BCUT2D eigenvalue weighted by molar-refractivity contribution is -0.121. The fourth-order valence-corrected chi connectivity index (χ4v) is 3.57. The van der Waals surface area contributed by atoms with E-state index in [-0.39, 0.29) is 29.9 Å². The molecular weight excluding hydrogens is 467 g/mol. The highest BCUT2D eigenvalue weighted by Crippen LogP contribution is 2.27. The van der Waals surface area contributed by atoms with Crippen molar-refractivity contribution in [2.45, 2.75) is 45.4 Å². The minimum Gasteiger partial charge on any atom is -0.496 e. The van der Waals surface area contributed by atoms with Crippen molar-refractivity contribution in [1.29, 1.82) is 0 Å². The molecule has 28 heavy (non-hydrogen) atoms. The maximum Gasteiger partial charge on any atom is 0.220 e. The molecule has 0 atom stereocenters. The third-order valence-electron chi connectivity index (χ3n) is 5.03. The monoisotopic (exact) mass is 502 g/mol. The first-order chi connectivity index (χ1) is 13.1. The molecule has 1 amide bonds. The fraction of sp³-hybridized carbons (Fsp3) is 0.619. The van der Waals surface area contributed by atoms with E-state index in [1.54, 1.807) is 14.2 Å². The van der Waals surface area contributed by atoms with Gasteiger partial charge >= 0.3 is 0 Å². The zero-order chi connectivity index (χ0) is 19.5. The maximum absolute atomic E-state index is 11.9. The van der Waals surface area contributed by atoms with Crippen LogP contribution in [0.2, 0.25) is 0 Å². The van der Waals surface area contributed by atoms with Gasteiger partial charge in [-0.2, -0.15) is 0 Å². The number of carbonyl (C=O) groups excluding carboxylic acids is 1.